The second-order valence-corrected chi connectivity index (χ2v) is 9.39. The van der Waals surface area contributed by atoms with Crippen molar-refractivity contribution in [1.29, 1.82) is 0 Å². The van der Waals surface area contributed by atoms with Crippen LogP contribution in [0.2, 0.25) is 0 Å². The van der Waals surface area contributed by atoms with Crippen LogP contribution >= 0.6 is 0 Å². The van der Waals surface area contributed by atoms with Gasteiger partial charge in [-0.3, -0.25) is 19.3 Å². The smallest absolute Gasteiger partial charge is 0.233 e. The number of piperidine rings is 1. The maximum absolute atomic E-state index is 14.7. The van der Waals surface area contributed by atoms with Crippen LogP contribution in [-0.2, 0) is 4.79 Å². The largest absolute Gasteiger partial charge is 0.508 e. The monoisotopic (exact) mass is 504 g/mol. The van der Waals surface area contributed by atoms with E-state index in [-0.39, 0.29) is 59.7 Å². The molecule has 1 aliphatic heterocycles. The lowest BCUT2D eigenvalue weighted by Gasteiger charge is -2.43. The number of hydrogen-bond donors (Lipinski definition) is 3. The molecule has 192 valence electrons. The zero-order valence-electron chi connectivity index (χ0n) is 20.6. The molecule has 1 aliphatic rings. The maximum atomic E-state index is 14.7. The van der Waals surface area contributed by atoms with Gasteiger partial charge < -0.3 is 15.5 Å². The minimum atomic E-state index is -0.813. The summed E-state index contributed by atoms with van der Waals surface area (Å²) in [7, 11) is 1.51. The summed E-state index contributed by atoms with van der Waals surface area (Å²) >= 11 is 0. The fourth-order valence-corrected chi connectivity index (χ4v) is 5.21. The highest BCUT2D eigenvalue weighted by molar-refractivity contribution is 6.02. The Morgan fingerprint density at radius 3 is 1.89 bits per heavy atom. The Hall–Kier alpha value is -4.04. The highest BCUT2D eigenvalue weighted by Crippen LogP contribution is 2.42. The maximum Gasteiger partial charge on any atom is 0.233 e. The molecule has 3 aromatic rings. The molecule has 1 heterocycles. The van der Waals surface area contributed by atoms with Gasteiger partial charge in [-0.2, -0.15) is 0 Å². The van der Waals surface area contributed by atoms with Gasteiger partial charge in [-0.1, -0.05) is 36.4 Å². The Balaban J connectivity index is 1.87. The van der Waals surface area contributed by atoms with Crippen LogP contribution in [0.3, 0.4) is 0 Å². The predicted molar refractivity (Wildman–Crippen MR) is 136 cm³/mol. The molecule has 8 heteroatoms. The molecule has 2 atom stereocenters. The topological polar surface area (TPSA) is 107 Å². The van der Waals surface area contributed by atoms with Gasteiger partial charge in [-0.15, -0.1) is 0 Å². The Labute approximate surface area is 214 Å². The molecule has 3 N–H and O–H groups in total. The van der Waals surface area contributed by atoms with Crippen molar-refractivity contribution in [3.05, 3.63) is 94.8 Å². The van der Waals surface area contributed by atoms with E-state index in [4.69, 9.17) is 0 Å². The molecule has 37 heavy (non-hydrogen) atoms. The first-order valence-electron chi connectivity index (χ1n) is 12.0. The number of likely N-dealkylation sites (tertiary alicyclic amines) is 1. The molecule has 0 radical (unpaired) electrons. The van der Waals surface area contributed by atoms with Gasteiger partial charge in [0.05, 0.1) is 6.54 Å². The number of phenolic OH excluding ortho intramolecular Hbond substituents is 2. The first kappa shape index (κ1) is 26.0. The van der Waals surface area contributed by atoms with E-state index in [1.165, 1.54) is 37.4 Å². The quantitative estimate of drug-likeness (QED) is 0.424. The van der Waals surface area contributed by atoms with Crippen LogP contribution in [0.25, 0.3) is 0 Å². The molecule has 3 aromatic carbocycles. The third-order valence-electron chi connectivity index (χ3n) is 7.03. The number of hydrogen-bond acceptors (Lipinski definition) is 6. The molecule has 0 spiro atoms. The first-order chi connectivity index (χ1) is 17.7. The molecule has 0 aromatic heterocycles. The lowest BCUT2D eigenvalue weighted by Crippen LogP contribution is -2.52. The molecular weight excluding hydrogens is 475 g/mol. The molecule has 0 saturated carbocycles. The Morgan fingerprint density at radius 2 is 1.41 bits per heavy atom. The number of phenols is 2. The third-order valence-corrected chi connectivity index (χ3v) is 7.03. The van der Waals surface area contributed by atoms with E-state index >= 15 is 0 Å². The average molecular weight is 505 g/mol. The molecule has 4 rings (SSSR count). The van der Waals surface area contributed by atoms with E-state index in [1.54, 1.807) is 48.2 Å². The van der Waals surface area contributed by atoms with Crippen LogP contribution in [-0.4, -0.2) is 59.3 Å². The van der Waals surface area contributed by atoms with E-state index in [2.05, 4.69) is 5.32 Å². The van der Waals surface area contributed by atoms with Gasteiger partial charge in [-0.05, 0) is 48.4 Å². The zero-order valence-corrected chi connectivity index (χ0v) is 20.6. The van der Waals surface area contributed by atoms with Crippen molar-refractivity contribution in [2.24, 2.45) is 11.8 Å². The first-order valence-corrected chi connectivity index (χ1v) is 12.0. The van der Waals surface area contributed by atoms with Gasteiger partial charge in [0, 0.05) is 49.0 Å². The molecule has 1 amide bonds. The number of carbonyl (C=O) groups is 3. The fourth-order valence-electron chi connectivity index (χ4n) is 5.21. The summed E-state index contributed by atoms with van der Waals surface area (Å²) in [5.74, 6) is -3.84. The molecular formula is C29H29FN2O5. The summed E-state index contributed by atoms with van der Waals surface area (Å²) in [5.41, 5.74) is 1.40. The van der Waals surface area contributed by atoms with Crippen molar-refractivity contribution in [2.45, 2.75) is 12.8 Å². The van der Waals surface area contributed by atoms with E-state index in [0.29, 0.717) is 11.1 Å². The Morgan fingerprint density at radius 1 is 0.892 bits per heavy atom. The average Bonchev–Trinajstić information content (AvgIpc) is 2.89. The normalized spacial score (nSPS) is 19.8. The van der Waals surface area contributed by atoms with Gasteiger partial charge >= 0.3 is 0 Å². The number of Topliss-reactive ketones (excluding diaryl/α,β-unsaturated/α-hetero) is 2. The minimum absolute atomic E-state index is 0.0288. The van der Waals surface area contributed by atoms with Crippen molar-refractivity contribution in [3.8, 4) is 11.5 Å². The number of rotatable bonds is 7. The number of aromatic hydroxyl groups is 2. The summed E-state index contributed by atoms with van der Waals surface area (Å²) < 4.78 is 14.7. The van der Waals surface area contributed by atoms with Crippen LogP contribution in [0, 0.1) is 24.6 Å². The lowest BCUT2D eigenvalue weighted by atomic mass is 9.67. The summed E-state index contributed by atoms with van der Waals surface area (Å²) in [6, 6.07) is 16.5. The third kappa shape index (κ3) is 5.54. The highest BCUT2D eigenvalue weighted by atomic mass is 19.1. The van der Waals surface area contributed by atoms with Crippen LogP contribution in [0.1, 0.15) is 37.8 Å². The summed E-state index contributed by atoms with van der Waals surface area (Å²) in [6.45, 7) is 1.91. The molecule has 2 unspecified atom stereocenters. The lowest BCUT2D eigenvalue weighted by molar-refractivity contribution is -0.122. The number of benzene rings is 3. The van der Waals surface area contributed by atoms with Crippen molar-refractivity contribution < 1.29 is 29.0 Å². The van der Waals surface area contributed by atoms with E-state index in [9.17, 15) is 29.0 Å². The second-order valence-electron chi connectivity index (χ2n) is 9.39. The number of amides is 1. The van der Waals surface area contributed by atoms with Gasteiger partial charge in [0.1, 0.15) is 17.3 Å². The Bertz CT molecular complexity index is 1270. The van der Waals surface area contributed by atoms with Gasteiger partial charge in [0.25, 0.3) is 0 Å². The fraction of sp³-hybridized carbons (Fsp3) is 0.276. The van der Waals surface area contributed by atoms with E-state index in [0.717, 1.165) is 0 Å². The predicted octanol–water partition coefficient (Wildman–Crippen LogP) is 3.69. The van der Waals surface area contributed by atoms with Crippen LogP contribution in [0.4, 0.5) is 4.39 Å². The van der Waals surface area contributed by atoms with Crippen molar-refractivity contribution in [2.75, 3.05) is 26.7 Å². The molecule has 0 aliphatic carbocycles. The van der Waals surface area contributed by atoms with Crippen LogP contribution in [0.15, 0.2) is 66.7 Å². The van der Waals surface area contributed by atoms with E-state index in [1.807, 2.05) is 0 Å². The van der Waals surface area contributed by atoms with Gasteiger partial charge in [0.2, 0.25) is 5.91 Å². The number of nitrogens with zero attached hydrogens (tertiary/aromatic N) is 1. The Kier molecular flexibility index (Phi) is 7.69. The number of ketones is 2. The van der Waals surface area contributed by atoms with Crippen LogP contribution < -0.4 is 5.32 Å². The minimum Gasteiger partial charge on any atom is -0.508 e. The molecule has 1 saturated heterocycles. The molecule has 0 bridgehead atoms. The number of nitrogens with one attached hydrogen (secondary N) is 1. The SMILES string of the molecule is CNC(=O)CN1CC(C(=O)c2cccc(O)c2)C(c2cccc(F)c2C)C(C(=O)c2cccc(O)c2)C1. The number of halogens is 1. The number of carbonyl (C=O) groups excluding carboxylic acids is 3. The standard InChI is InChI=1S/C29H29FN2O5/c1-17-22(10-5-11-25(17)30)27-23(28(36)18-6-3-8-20(33)12-18)14-32(16-26(35)31-2)15-24(27)29(37)19-7-4-9-21(34)13-19/h3-13,23-24,27,33-34H,14-16H2,1-2H3,(H,31,35). The van der Waals surface area contributed by atoms with Crippen molar-refractivity contribution >= 4 is 17.5 Å². The zero-order chi connectivity index (χ0) is 26.7. The van der Waals surface area contributed by atoms with Crippen molar-refractivity contribution in [1.82, 2.24) is 10.2 Å². The number of likely N-dealkylation sites (N-methyl/N-ethyl adjacent to an activating group) is 1. The molecule has 1 fully saturated rings. The van der Waals surface area contributed by atoms with Gasteiger partial charge in [0.15, 0.2) is 11.6 Å². The van der Waals surface area contributed by atoms with E-state index < -0.39 is 23.6 Å². The summed E-state index contributed by atoms with van der Waals surface area (Å²) in [6.07, 6.45) is 0. The highest BCUT2D eigenvalue weighted by Gasteiger charge is 2.45. The summed E-state index contributed by atoms with van der Waals surface area (Å²) in [5, 5.41) is 22.6. The second kappa shape index (κ2) is 10.9. The van der Waals surface area contributed by atoms with Crippen molar-refractivity contribution in [3.63, 3.8) is 0 Å². The summed E-state index contributed by atoms with van der Waals surface area (Å²) in [4.78, 5) is 41.8. The van der Waals surface area contributed by atoms with Gasteiger partial charge in [-0.25, -0.2) is 4.39 Å². The van der Waals surface area contributed by atoms with Crippen LogP contribution in [0.5, 0.6) is 11.5 Å². The molecule has 7 nitrogen and oxygen atoms in total.